The van der Waals surface area contributed by atoms with Gasteiger partial charge in [-0.2, -0.15) is 0 Å². The van der Waals surface area contributed by atoms with Crippen molar-refractivity contribution in [3.63, 3.8) is 0 Å². The molecule has 0 fully saturated rings. The molecule has 0 atom stereocenters. The highest BCUT2D eigenvalue weighted by Crippen LogP contribution is 2.22. The van der Waals surface area contributed by atoms with Crippen molar-refractivity contribution in [3.8, 4) is 0 Å². The normalized spacial score (nSPS) is 10.1. The van der Waals surface area contributed by atoms with Crippen LogP contribution in [-0.2, 0) is 0 Å². The number of thiocarbonyl (C=S) groups is 1. The summed E-state index contributed by atoms with van der Waals surface area (Å²) in [6.07, 6.45) is 1.60. The van der Waals surface area contributed by atoms with Crippen molar-refractivity contribution < 1.29 is 4.39 Å². The summed E-state index contributed by atoms with van der Waals surface area (Å²) < 4.78 is 13.1. The summed E-state index contributed by atoms with van der Waals surface area (Å²) >= 11 is 4.86. The first kappa shape index (κ1) is 12.4. The molecule has 2 rings (SSSR count). The van der Waals surface area contributed by atoms with Crippen LogP contribution in [0.5, 0.6) is 0 Å². The number of anilines is 2. The first-order valence-corrected chi connectivity index (χ1v) is 5.74. The van der Waals surface area contributed by atoms with Gasteiger partial charge in [0.15, 0.2) is 0 Å². The van der Waals surface area contributed by atoms with Gasteiger partial charge in [-0.05, 0) is 30.3 Å². The lowest BCUT2D eigenvalue weighted by Gasteiger charge is -2.18. The van der Waals surface area contributed by atoms with Crippen LogP contribution in [0.4, 0.5) is 15.9 Å². The third kappa shape index (κ3) is 2.62. The van der Waals surface area contributed by atoms with Crippen LogP contribution in [0.2, 0.25) is 0 Å². The highest BCUT2D eigenvalue weighted by Gasteiger charge is 2.06. The van der Waals surface area contributed by atoms with Crippen molar-refractivity contribution in [3.05, 3.63) is 54.0 Å². The molecule has 1 aromatic heterocycles. The second kappa shape index (κ2) is 5.10. The Hall–Kier alpha value is -2.01. The Morgan fingerprint density at radius 3 is 2.67 bits per heavy atom. The third-order valence-corrected chi connectivity index (χ3v) is 2.81. The van der Waals surface area contributed by atoms with Gasteiger partial charge in [-0.25, -0.2) is 9.37 Å². The van der Waals surface area contributed by atoms with Crippen LogP contribution in [0.1, 0.15) is 5.56 Å². The van der Waals surface area contributed by atoms with E-state index in [-0.39, 0.29) is 5.82 Å². The molecule has 3 nitrogen and oxygen atoms in total. The van der Waals surface area contributed by atoms with Crippen LogP contribution in [0.25, 0.3) is 0 Å². The molecule has 0 unspecified atom stereocenters. The molecular formula is C13H12FN3S. The second-order valence-corrected chi connectivity index (χ2v) is 4.25. The van der Waals surface area contributed by atoms with Crippen molar-refractivity contribution in [2.24, 2.45) is 5.73 Å². The van der Waals surface area contributed by atoms with E-state index in [1.165, 1.54) is 12.1 Å². The highest BCUT2D eigenvalue weighted by atomic mass is 32.1. The number of nitrogens with two attached hydrogens (primary N) is 1. The monoisotopic (exact) mass is 261 g/mol. The molecule has 18 heavy (non-hydrogen) atoms. The predicted molar refractivity (Wildman–Crippen MR) is 74.6 cm³/mol. The first-order valence-electron chi connectivity index (χ1n) is 5.33. The van der Waals surface area contributed by atoms with Crippen LogP contribution >= 0.6 is 12.2 Å². The van der Waals surface area contributed by atoms with Gasteiger partial charge in [-0.1, -0.05) is 18.3 Å². The van der Waals surface area contributed by atoms with Gasteiger partial charge in [-0.15, -0.1) is 0 Å². The zero-order valence-electron chi connectivity index (χ0n) is 9.80. The van der Waals surface area contributed by atoms with Gasteiger partial charge in [0, 0.05) is 24.5 Å². The zero-order chi connectivity index (χ0) is 13.1. The lowest BCUT2D eigenvalue weighted by molar-refractivity contribution is 0.628. The van der Waals surface area contributed by atoms with Gasteiger partial charge in [0.25, 0.3) is 0 Å². The SMILES string of the molecule is CN(c1cccc(F)c1)c1ccc(C(N)=S)cn1. The highest BCUT2D eigenvalue weighted by molar-refractivity contribution is 7.80. The van der Waals surface area contributed by atoms with E-state index in [4.69, 9.17) is 18.0 Å². The van der Waals surface area contributed by atoms with Gasteiger partial charge < -0.3 is 10.6 Å². The summed E-state index contributed by atoms with van der Waals surface area (Å²) in [5, 5.41) is 0. The third-order valence-electron chi connectivity index (χ3n) is 2.57. The maximum absolute atomic E-state index is 13.1. The number of halogens is 1. The summed E-state index contributed by atoms with van der Waals surface area (Å²) in [5.41, 5.74) is 6.94. The van der Waals surface area contributed by atoms with E-state index in [1.54, 1.807) is 29.3 Å². The average Bonchev–Trinajstić information content (AvgIpc) is 2.38. The van der Waals surface area contributed by atoms with E-state index in [1.807, 2.05) is 13.1 Å². The quantitative estimate of drug-likeness (QED) is 0.862. The standard InChI is InChI=1S/C13H12FN3S/c1-17(11-4-2-3-10(14)7-11)12-6-5-9(8-16-12)13(15)18/h2-8H,1H3,(H2,15,18). The Bertz CT molecular complexity index is 569. The second-order valence-electron chi connectivity index (χ2n) is 3.81. The van der Waals surface area contributed by atoms with Gasteiger partial charge in [0.05, 0.1) is 0 Å². The molecule has 0 bridgehead atoms. The molecule has 0 aliphatic rings. The number of nitrogens with zero attached hydrogens (tertiary/aromatic N) is 2. The van der Waals surface area contributed by atoms with E-state index in [0.717, 1.165) is 5.69 Å². The van der Waals surface area contributed by atoms with Gasteiger partial charge in [0.2, 0.25) is 0 Å². The number of pyridine rings is 1. The minimum absolute atomic E-state index is 0.279. The number of rotatable bonds is 3. The Morgan fingerprint density at radius 1 is 1.33 bits per heavy atom. The van der Waals surface area contributed by atoms with Gasteiger partial charge >= 0.3 is 0 Å². The molecule has 0 aliphatic heterocycles. The Kier molecular flexibility index (Phi) is 3.53. The summed E-state index contributed by atoms with van der Waals surface area (Å²) in [5.74, 6) is 0.416. The number of benzene rings is 1. The maximum atomic E-state index is 13.1. The number of hydrogen-bond donors (Lipinski definition) is 1. The lowest BCUT2D eigenvalue weighted by Crippen LogP contribution is -2.13. The minimum Gasteiger partial charge on any atom is -0.389 e. The van der Waals surface area contributed by atoms with Crippen molar-refractivity contribution in [2.75, 3.05) is 11.9 Å². The fraction of sp³-hybridized carbons (Fsp3) is 0.0769. The van der Waals surface area contributed by atoms with E-state index in [0.29, 0.717) is 16.4 Å². The van der Waals surface area contributed by atoms with Crippen LogP contribution in [-0.4, -0.2) is 17.0 Å². The maximum Gasteiger partial charge on any atom is 0.132 e. The summed E-state index contributed by atoms with van der Waals surface area (Å²) in [4.78, 5) is 6.33. The summed E-state index contributed by atoms with van der Waals surface area (Å²) in [6.45, 7) is 0. The van der Waals surface area contributed by atoms with Crippen molar-refractivity contribution in [1.29, 1.82) is 0 Å². The topological polar surface area (TPSA) is 42.1 Å². The molecule has 0 aliphatic carbocycles. The van der Waals surface area contributed by atoms with Crippen LogP contribution in [0.15, 0.2) is 42.6 Å². The molecule has 0 saturated heterocycles. The smallest absolute Gasteiger partial charge is 0.132 e. The Morgan fingerprint density at radius 2 is 2.11 bits per heavy atom. The Balaban J connectivity index is 2.28. The Labute approximate surface area is 110 Å². The minimum atomic E-state index is -0.279. The average molecular weight is 261 g/mol. The van der Waals surface area contributed by atoms with Gasteiger partial charge in [-0.3, -0.25) is 0 Å². The molecular weight excluding hydrogens is 249 g/mol. The summed E-state index contributed by atoms with van der Waals surface area (Å²) in [7, 11) is 1.82. The van der Waals surface area contributed by atoms with Crippen molar-refractivity contribution in [2.45, 2.75) is 0 Å². The molecule has 0 radical (unpaired) electrons. The fourth-order valence-electron chi connectivity index (χ4n) is 1.55. The lowest BCUT2D eigenvalue weighted by atomic mass is 10.2. The molecule has 1 aromatic carbocycles. The number of aromatic nitrogens is 1. The molecule has 0 saturated carbocycles. The largest absolute Gasteiger partial charge is 0.389 e. The van der Waals surface area contributed by atoms with Crippen molar-refractivity contribution >= 4 is 28.7 Å². The first-order chi connectivity index (χ1) is 8.58. The zero-order valence-corrected chi connectivity index (χ0v) is 10.6. The van der Waals surface area contributed by atoms with Crippen LogP contribution < -0.4 is 10.6 Å². The molecule has 5 heteroatoms. The molecule has 92 valence electrons. The summed E-state index contributed by atoms with van der Waals surface area (Å²) in [6, 6.07) is 9.90. The molecule has 0 amide bonds. The van der Waals surface area contributed by atoms with E-state index < -0.39 is 0 Å². The predicted octanol–water partition coefficient (Wildman–Crippen LogP) is 2.62. The van der Waals surface area contributed by atoms with Crippen LogP contribution in [0.3, 0.4) is 0 Å². The van der Waals surface area contributed by atoms with E-state index in [2.05, 4.69) is 4.98 Å². The van der Waals surface area contributed by atoms with E-state index in [9.17, 15) is 4.39 Å². The molecule has 2 N–H and O–H groups in total. The molecule has 0 spiro atoms. The number of hydrogen-bond acceptors (Lipinski definition) is 3. The molecule has 2 aromatic rings. The van der Waals surface area contributed by atoms with Crippen LogP contribution in [0, 0.1) is 5.82 Å². The van der Waals surface area contributed by atoms with Gasteiger partial charge in [0.1, 0.15) is 16.6 Å². The van der Waals surface area contributed by atoms with E-state index >= 15 is 0 Å². The molecule has 1 heterocycles. The fourth-order valence-corrected chi connectivity index (χ4v) is 1.67. The van der Waals surface area contributed by atoms with Crippen molar-refractivity contribution in [1.82, 2.24) is 4.98 Å².